The lowest BCUT2D eigenvalue weighted by atomic mass is 9.71. The summed E-state index contributed by atoms with van der Waals surface area (Å²) in [4.78, 5) is 0. The van der Waals surface area contributed by atoms with Crippen LogP contribution in [-0.2, 0) is 0 Å². The van der Waals surface area contributed by atoms with E-state index in [4.69, 9.17) is 4.74 Å². The highest BCUT2D eigenvalue weighted by Gasteiger charge is 2.36. The van der Waals surface area contributed by atoms with Crippen LogP contribution in [0.3, 0.4) is 0 Å². The van der Waals surface area contributed by atoms with Crippen LogP contribution in [0.25, 0.3) is 0 Å². The van der Waals surface area contributed by atoms with Gasteiger partial charge in [0.1, 0.15) is 5.75 Å². The van der Waals surface area contributed by atoms with E-state index in [1.807, 2.05) is 0 Å². The Balaban J connectivity index is 1.96. The first-order chi connectivity index (χ1) is 7.65. The van der Waals surface area contributed by atoms with Gasteiger partial charge in [0.15, 0.2) is 0 Å². The van der Waals surface area contributed by atoms with Gasteiger partial charge in [-0.1, -0.05) is 28.4 Å². The van der Waals surface area contributed by atoms with E-state index in [2.05, 4.69) is 48.0 Å². The zero-order valence-electron chi connectivity index (χ0n) is 10.1. The Morgan fingerprint density at radius 2 is 2.00 bits per heavy atom. The fraction of sp³-hybridized carbons (Fsp3) is 0.571. The molecule has 88 valence electrons. The second-order valence-electron chi connectivity index (χ2n) is 5.02. The van der Waals surface area contributed by atoms with Crippen molar-refractivity contribution in [3.63, 3.8) is 0 Å². The molecule has 0 unspecified atom stereocenters. The van der Waals surface area contributed by atoms with Gasteiger partial charge < -0.3 is 4.74 Å². The third-order valence-electron chi connectivity index (χ3n) is 3.72. The number of halogens is 1. The average Bonchev–Trinajstić information content (AvgIpc) is 2.22. The van der Waals surface area contributed by atoms with Gasteiger partial charge in [-0.15, -0.1) is 0 Å². The second-order valence-corrected chi connectivity index (χ2v) is 5.58. The van der Waals surface area contributed by atoms with Crippen LogP contribution in [-0.4, -0.2) is 11.9 Å². The van der Waals surface area contributed by atoms with E-state index in [0.717, 1.165) is 17.7 Å². The smallest absolute Gasteiger partial charge is 0.119 e. The largest absolute Gasteiger partial charge is 0.493 e. The van der Waals surface area contributed by atoms with Crippen LogP contribution in [0.4, 0.5) is 0 Å². The van der Waals surface area contributed by atoms with Gasteiger partial charge in [0.25, 0.3) is 0 Å². The van der Waals surface area contributed by atoms with Crippen molar-refractivity contribution in [3.05, 3.63) is 29.3 Å². The summed E-state index contributed by atoms with van der Waals surface area (Å²) in [5.74, 6) is 1.01. The van der Waals surface area contributed by atoms with Crippen molar-refractivity contribution in [2.45, 2.75) is 33.1 Å². The molecule has 1 aliphatic carbocycles. The van der Waals surface area contributed by atoms with Gasteiger partial charge in [-0.3, -0.25) is 0 Å². The van der Waals surface area contributed by atoms with E-state index >= 15 is 0 Å². The molecule has 0 heterocycles. The zero-order valence-corrected chi connectivity index (χ0v) is 11.6. The van der Waals surface area contributed by atoms with E-state index < -0.39 is 0 Å². The van der Waals surface area contributed by atoms with Crippen molar-refractivity contribution in [1.82, 2.24) is 0 Å². The van der Waals surface area contributed by atoms with Crippen LogP contribution in [0.5, 0.6) is 5.75 Å². The molecule has 1 nitrogen and oxygen atoms in total. The summed E-state index contributed by atoms with van der Waals surface area (Å²) in [5.41, 5.74) is 3.03. The summed E-state index contributed by atoms with van der Waals surface area (Å²) < 4.78 is 5.91. The Kier molecular flexibility index (Phi) is 3.58. The zero-order chi connectivity index (χ0) is 11.6. The number of hydrogen-bond donors (Lipinski definition) is 0. The molecular formula is C14H19BrO. The molecule has 1 aromatic carbocycles. The fourth-order valence-electron chi connectivity index (χ4n) is 2.03. The Labute approximate surface area is 106 Å². The monoisotopic (exact) mass is 282 g/mol. The quantitative estimate of drug-likeness (QED) is 0.751. The van der Waals surface area contributed by atoms with E-state index in [1.54, 1.807) is 0 Å². The van der Waals surface area contributed by atoms with Gasteiger partial charge in [0.05, 0.1) is 6.61 Å². The molecule has 0 aromatic heterocycles. The van der Waals surface area contributed by atoms with Crippen LogP contribution < -0.4 is 4.74 Å². The van der Waals surface area contributed by atoms with Crippen molar-refractivity contribution >= 4 is 15.9 Å². The van der Waals surface area contributed by atoms with E-state index in [-0.39, 0.29) is 0 Å². The summed E-state index contributed by atoms with van der Waals surface area (Å²) in [6.45, 7) is 5.11. The molecule has 16 heavy (non-hydrogen) atoms. The maximum atomic E-state index is 5.91. The molecule has 2 rings (SSSR count). The second kappa shape index (κ2) is 4.79. The number of aryl methyl sites for hydroxylation is 2. The highest BCUT2D eigenvalue weighted by Crippen LogP contribution is 2.42. The summed E-state index contributed by atoms with van der Waals surface area (Å²) >= 11 is 3.60. The minimum atomic E-state index is 0.402. The van der Waals surface area contributed by atoms with Crippen LogP contribution >= 0.6 is 15.9 Å². The highest BCUT2D eigenvalue weighted by atomic mass is 79.9. The lowest BCUT2D eigenvalue weighted by Crippen LogP contribution is -2.37. The topological polar surface area (TPSA) is 9.23 Å². The van der Waals surface area contributed by atoms with Crippen LogP contribution in [0, 0.1) is 19.3 Å². The van der Waals surface area contributed by atoms with E-state index in [0.29, 0.717) is 5.41 Å². The highest BCUT2D eigenvalue weighted by molar-refractivity contribution is 9.09. The minimum Gasteiger partial charge on any atom is -0.493 e. The van der Waals surface area contributed by atoms with Gasteiger partial charge in [0, 0.05) is 10.7 Å². The van der Waals surface area contributed by atoms with Crippen molar-refractivity contribution in [3.8, 4) is 5.75 Å². The Morgan fingerprint density at radius 1 is 1.25 bits per heavy atom. The number of benzene rings is 1. The normalized spacial score (nSPS) is 17.9. The predicted octanol–water partition coefficient (Wildman–Crippen LogP) is 4.25. The number of rotatable bonds is 4. The third kappa shape index (κ3) is 2.42. The molecule has 0 saturated heterocycles. The standard InChI is InChI=1S/C14H19BrO/c1-11-4-5-13(8-12(11)2)16-10-14(9-15)6-3-7-14/h4-5,8H,3,6-7,9-10H2,1-2H3. The lowest BCUT2D eigenvalue weighted by molar-refractivity contribution is 0.0838. The molecule has 1 fully saturated rings. The van der Waals surface area contributed by atoms with Crippen LogP contribution in [0.1, 0.15) is 30.4 Å². The summed E-state index contributed by atoms with van der Waals surface area (Å²) in [5, 5.41) is 1.06. The molecule has 1 aliphatic rings. The Bertz CT molecular complexity index is 363. The van der Waals surface area contributed by atoms with Crippen molar-refractivity contribution in [1.29, 1.82) is 0 Å². The SMILES string of the molecule is Cc1ccc(OCC2(CBr)CCC2)cc1C. The summed E-state index contributed by atoms with van der Waals surface area (Å²) in [6, 6.07) is 6.34. The number of alkyl halides is 1. The molecule has 0 spiro atoms. The van der Waals surface area contributed by atoms with E-state index in [9.17, 15) is 0 Å². The fourth-order valence-corrected chi connectivity index (χ4v) is 2.76. The number of ether oxygens (including phenoxy) is 1. The molecule has 0 bridgehead atoms. The van der Waals surface area contributed by atoms with Crippen LogP contribution in [0.15, 0.2) is 18.2 Å². The molecular weight excluding hydrogens is 264 g/mol. The van der Waals surface area contributed by atoms with Gasteiger partial charge >= 0.3 is 0 Å². The first-order valence-electron chi connectivity index (χ1n) is 5.91. The van der Waals surface area contributed by atoms with Gasteiger partial charge in [0.2, 0.25) is 0 Å². The molecule has 0 radical (unpaired) electrons. The molecule has 0 aliphatic heterocycles. The predicted molar refractivity (Wildman–Crippen MR) is 71.5 cm³/mol. The summed E-state index contributed by atoms with van der Waals surface area (Å²) in [6.07, 6.45) is 3.94. The first kappa shape index (κ1) is 12.0. The maximum absolute atomic E-state index is 5.91. The average molecular weight is 283 g/mol. The molecule has 0 atom stereocenters. The molecule has 2 heteroatoms. The molecule has 0 amide bonds. The lowest BCUT2D eigenvalue weighted by Gasteiger charge is -2.40. The number of hydrogen-bond acceptors (Lipinski definition) is 1. The first-order valence-corrected chi connectivity index (χ1v) is 7.03. The van der Waals surface area contributed by atoms with Crippen molar-refractivity contribution < 1.29 is 4.74 Å². The molecule has 0 N–H and O–H groups in total. The summed E-state index contributed by atoms with van der Waals surface area (Å²) in [7, 11) is 0. The van der Waals surface area contributed by atoms with Gasteiger partial charge in [-0.05, 0) is 49.9 Å². The van der Waals surface area contributed by atoms with Crippen molar-refractivity contribution in [2.75, 3.05) is 11.9 Å². The van der Waals surface area contributed by atoms with Crippen molar-refractivity contribution in [2.24, 2.45) is 5.41 Å². The Morgan fingerprint density at radius 3 is 2.50 bits per heavy atom. The minimum absolute atomic E-state index is 0.402. The van der Waals surface area contributed by atoms with Gasteiger partial charge in [-0.25, -0.2) is 0 Å². The van der Waals surface area contributed by atoms with E-state index in [1.165, 1.54) is 30.4 Å². The Hall–Kier alpha value is -0.500. The van der Waals surface area contributed by atoms with Gasteiger partial charge in [-0.2, -0.15) is 0 Å². The maximum Gasteiger partial charge on any atom is 0.119 e. The van der Waals surface area contributed by atoms with Crippen LogP contribution in [0.2, 0.25) is 0 Å². The molecule has 1 saturated carbocycles. The third-order valence-corrected chi connectivity index (χ3v) is 4.91. The molecule has 1 aromatic rings.